The fourth-order valence-electron chi connectivity index (χ4n) is 1.50. The molecule has 0 fully saturated rings. The first-order chi connectivity index (χ1) is 7.16. The Morgan fingerprint density at radius 1 is 1.13 bits per heavy atom. The normalized spacial score (nSPS) is 19.5. The molecule has 1 aromatic carbocycles. The Bertz CT molecular complexity index is 378. The summed E-state index contributed by atoms with van der Waals surface area (Å²) in [4.78, 5) is 0. The van der Waals surface area contributed by atoms with Crippen molar-refractivity contribution in [2.45, 2.75) is 18.9 Å². The molecule has 0 saturated heterocycles. The topological polar surface area (TPSA) is 9.23 Å². The van der Waals surface area contributed by atoms with Crippen LogP contribution in [0.1, 0.15) is 12.8 Å². The third-order valence-electron chi connectivity index (χ3n) is 2.20. The number of rotatable bonds is 2. The molecule has 1 aliphatic carbocycles. The van der Waals surface area contributed by atoms with Crippen LogP contribution in [0.4, 0.5) is 0 Å². The van der Waals surface area contributed by atoms with Gasteiger partial charge >= 0.3 is 0 Å². The van der Waals surface area contributed by atoms with Crippen molar-refractivity contribution in [2.24, 2.45) is 0 Å². The van der Waals surface area contributed by atoms with Crippen molar-refractivity contribution in [3.8, 4) is 5.75 Å². The van der Waals surface area contributed by atoms with Crippen LogP contribution in [0.3, 0.4) is 0 Å². The van der Waals surface area contributed by atoms with E-state index in [-0.39, 0.29) is 6.10 Å². The second-order valence-electron chi connectivity index (χ2n) is 3.36. The molecule has 2 rings (SSSR count). The Labute approximate surface area is 130 Å². The van der Waals surface area contributed by atoms with Crippen LogP contribution in [0.2, 0.25) is 0 Å². The highest BCUT2D eigenvalue weighted by Gasteiger charge is 2.15. The van der Waals surface area contributed by atoms with E-state index >= 15 is 0 Å². The summed E-state index contributed by atoms with van der Waals surface area (Å²) in [5.41, 5.74) is 0. The SMILES string of the molecule is Ic1cc(I)c(OC2C=CCC2)c(I)c1. The summed E-state index contributed by atoms with van der Waals surface area (Å²) in [6.45, 7) is 0. The summed E-state index contributed by atoms with van der Waals surface area (Å²) in [6, 6.07) is 4.30. The number of benzene rings is 1. The van der Waals surface area contributed by atoms with E-state index in [4.69, 9.17) is 4.74 Å². The standard InChI is InChI=1S/C11H9I3O/c12-7-5-9(13)11(10(14)6-7)15-8-3-1-2-4-8/h1,3,5-6,8H,2,4H2. The lowest BCUT2D eigenvalue weighted by Gasteiger charge is -2.15. The van der Waals surface area contributed by atoms with Crippen molar-refractivity contribution >= 4 is 67.8 Å². The van der Waals surface area contributed by atoms with E-state index < -0.39 is 0 Å². The second kappa shape index (κ2) is 5.52. The average molecular weight is 538 g/mol. The fourth-order valence-corrected chi connectivity index (χ4v) is 5.33. The first kappa shape index (κ1) is 12.4. The van der Waals surface area contributed by atoms with Gasteiger partial charge < -0.3 is 4.74 Å². The summed E-state index contributed by atoms with van der Waals surface area (Å²) in [6.07, 6.45) is 6.87. The molecule has 1 aromatic rings. The highest BCUT2D eigenvalue weighted by atomic mass is 127. The summed E-state index contributed by atoms with van der Waals surface area (Å²) in [7, 11) is 0. The molecule has 0 heterocycles. The van der Waals surface area contributed by atoms with Crippen LogP contribution < -0.4 is 4.74 Å². The minimum atomic E-state index is 0.270. The van der Waals surface area contributed by atoms with Gasteiger partial charge in [-0.05, 0) is 98.8 Å². The number of ether oxygens (including phenoxy) is 1. The predicted molar refractivity (Wildman–Crippen MR) is 87.4 cm³/mol. The van der Waals surface area contributed by atoms with Crippen LogP contribution in [-0.4, -0.2) is 6.10 Å². The highest BCUT2D eigenvalue weighted by Crippen LogP contribution is 2.31. The average Bonchev–Trinajstić information content (AvgIpc) is 2.63. The number of halogens is 3. The maximum Gasteiger partial charge on any atom is 0.146 e. The molecule has 0 spiro atoms. The van der Waals surface area contributed by atoms with Gasteiger partial charge in [-0.25, -0.2) is 0 Å². The summed E-state index contributed by atoms with van der Waals surface area (Å²) < 4.78 is 9.64. The van der Waals surface area contributed by atoms with E-state index in [1.807, 2.05) is 0 Å². The van der Waals surface area contributed by atoms with Gasteiger partial charge in [-0.1, -0.05) is 6.08 Å². The van der Waals surface area contributed by atoms with Gasteiger partial charge in [0, 0.05) is 3.57 Å². The molecule has 0 saturated carbocycles. The van der Waals surface area contributed by atoms with Crippen molar-refractivity contribution in [1.82, 2.24) is 0 Å². The van der Waals surface area contributed by atoms with Gasteiger partial charge in [0.25, 0.3) is 0 Å². The van der Waals surface area contributed by atoms with Gasteiger partial charge in [0.05, 0.1) is 7.14 Å². The summed E-state index contributed by atoms with van der Waals surface area (Å²) >= 11 is 7.01. The lowest BCUT2D eigenvalue weighted by Crippen LogP contribution is -2.11. The van der Waals surface area contributed by atoms with Gasteiger partial charge in [-0.2, -0.15) is 0 Å². The largest absolute Gasteiger partial charge is 0.484 e. The van der Waals surface area contributed by atoms with Gasteiger partial charge in [0.2, 0.25) is 0 Å². The van der Waals surface area contributed by atoms with Crippen molar-refractivity contribution < 1.29 is 4.74 Å². The van der Waals surface area contributed by atoms with Crippen molar-refractivity contribution in [3.05, 3.63) is 35.0 Å². The Kier molecular flexibility index (Phi) is 4.57. The molecule has 0 amide bonds. The third kappa shape index (κ3) is 3.21. The van der Waals surface area contributed by atoms with Crippen molar-refractivity contribution in [2.75, 3.05) is 0 Å². The minimum absolute atomic E-state index is 0.270. The smallest absolute Gasteiger partial charge is 0.146 e. The summed E-state index contributed by atoms with van der Waals surface area (Å²) in [5.74, 6) is 1.04. The van der Waals surface area contributed by atoms with Gasteiger partial charge in [-0.3, -0.25) is 0 Å². The zero-order valence-corrected chi connectivity index (χ0v) is 14.3. The first-order valence-electron chi connectivity index (χ1n) is 4.64. The maximum atomic E-state index is 5.99. The van der Waals surface area contributed by atoms with Crippen LogP contribution in [0.25, 0.3) is 0 Å². The first-order valence-corrected chi connectivity index (χ1v) is 7.88. The van der Waals surface area contributed by atoms with Crippen LogP contribution >= 0.6 is 67.8 Å². The van der Waals surface area contributed by atoms with E-state index in [9.17, 15) is 0 Å². The lowest BCUT2D eigenvalue weighted by molar-refractivity contribution is 0.245. The van der Waals surface area contributed by atoms with Crippen molar-refractivity contribution in [3.63, 3.8) is 0 Å². The summed E-state index contributed by atoms with van der Waals surface area (Å²) in [5, 5.41) is 0. The molecule has 1 atom stereocenters. The quantitative estimate of drug-likeness (QED) is 0.396. The molecule has 80 valence electrons. The number of hydrogen-bond acceptors (Lipinski definition) is 1. The minimum Gasteiger partial charge on any atom is -0.484 e. The molecule has 1 nitrogen and oxygen atoms in total. The van der Waals surface area contributed by atoms with Gasteiger partial charge in [-0.15, -0.1) is 0 Å². The zero-order valence-electron chi connectivity index (χ0n) is 7.84. The van der Waals surface area contributed by atoms with Gasteiger partial charge in [0.1, 0.15) is 11.9 Å². The van der Waals surface area contributed by atoms with E-state index in [0.717, 1.165) is 18.6 Å². The molecule has 15 heavy (non-hydrogen) atoms. The fraction of sp³-hybridized carbons (Fsp3) is 0.273. The molecule has 1 unspecified atom stereocenters. The molecular formula is C11H9I3O. The Morgan fingerprint density at radius 3 is 2.33 bits per heavy atom. The lowest BCUT2D eigenvalue weighted by atomic mass is 10.3. The van der Waals surface area contributed by atoms with Gasteiger partial charge in [0.15, 0.2) is 0 Å². The van der Waals surface area contributed by atoms with Crippen LogP contribution in [0, 0.1) is 10.7 Å². The highest BCUT2D eigenvalue weighted by molar-refractivity contribution is 14.1. The molecule has 1 aliphatic rings. The Morgan fingerprint density at radius 2 is 1.80 bits per heavy atom. The molecular weight excluding hydrogens is 529 g/mol. The monoisotopic (exact) mass is 538 g/mol. The maximum absolute atomic E-state index is 5.99. The predicted octanol–water partition coefficient (Wildman–Crippen LogP) is 4.60. The Hall–Kier alpha value is 0.950. The second-order valence-corrected chi connectivity index (χ2v) is 6.93. The molecule has 4 heteroatoms. The van der Waals surface area contributed by atoms with Crippen LogP contribution in [0.5, 0.6) is 5.75 Å². The van der Waals surface area contributed by atoms with E-state index in [0.29, 0.717) is 0 Å². The number of allylic oxidation sites excluding steroid dienone is 1. The zero-order chi connectivity index (χ0) is 10.8. The van der Waals surface area contributed by atoms with E-state index in [2.05, 4.69) is 92.1 Å². The van der Waals surface area contributed by atoms with Crippen molar-refractivity contribution in [1.29, 1.82) is 0 Å². The molecule has 0 aromatic heterocycles. The van der Waals surface area contributed by atoms with E-state index in [1.54, 1.807) is 0 Å². The molecule has 0 radical (unpaired) electrons. The Balaban J connectivity index is 2.23. The molecule has 0 aliphatic heterocycles. The third-order valence-corrected chi connectivity index (χ3v) is 4.43. The molecule has 0 bridgehead atoms. The van der Waals surface area contributed by atoms with Crippen LogP contribution in [-0.2, 0) is 0 Å². The molecule has 0 N–H and O–H groups in total. The van der Waals surface area contributed by atoms with E-state index in [1.165, 1.54) is 10.7 Å². The number of hydrogen-bond donors (Lipinski definition) is 0. The van der Waals surface area contributed by atoms with Crippen LogP contribution in [0.15, 0.2) is 24.3 Å².